The van der Waals surface area contributed by atoms with Crippen molar-refractivity contribution in [2.75, 3.05) is 11.1 Å². The second kappa shape index (κ2) is 6.56. The van der Waals surface area contributed by atoms with Crippen molar-refractivity contribution < 1.29 is 4.79 Å². The van der Waals surface area contributed by atoms with Gasteiger partial charge in [0.1, 0.15) is 9.71 Å². The standard InChI is InChI=1S/C17H16ClN3OS/c1-2-5-10-8-9-11-14(19)15(23-17(11)20-10)16(22)21-13-7-4-3-6-12(13)18/h3-4,6-9H,2,5,19H2,1H3,(H,21,22). The maximum absolute atomic E-state index is 12.5. The Morgan fingerprint density at radius 3 is 2.83 bits per heavy atom. The lowest BCUT2D eigenvalue weighted by atomic mass is 10.2. The maximum atomic E-state index is 12.5. The van der Waals surface area contributed by atoms with E-state index in [0.717, 1.165) is 28.8 Å². The second-order valence-corrected chi connectivity index (χ2v) is 6.59. The number of para-hydroxylation sites is 1. The fraction of sp³-hybridized carbons (Fsp3) is 0.176. The minimum absolute atomic E-state index is 0.268. The first-order valence-corrected chi connectivity index (χ1v) is 8.53. The summed E-state index contributed by atoms with van der Waals surface area (Å²) in [5.41, 5.74) is 8.17. The molecule has 0 aliphatic carbocycles. The predicted octanol–water partition coefficient (Wildman–Crippen LogP) is 4.74. The van der Waals surface area contributed by atoms with E-state index in [4.69, 9.17) is 17.3 Å². The number of hydrogen-bond donors (Lipinski definition) is 2. The molecule has 0 aliphatic rings. The van der Waals surface area contributed by atoms with Crippen LogP contribution in [0.1, 0.15) is 28.7 Å². The number of hydrogen-bond acceptors (Lipinski definition) is 4. The highest BCUT2D eigenvalue weighted by Crippen LogP contribution is 2.33. The van der Waals surface area contributed by atoms with E-state index in [1.54, 1.807) is 12.1 Å². The number of amides is 1. The topological polar surface area (TPSA) is 68.0 Å². The van der Waals surface area contributed by atoms with Crippen LogP contribution in [0.15, 0.2) is 36.4 Å². The van der Waals surface area contributed by atoms with Crippen LogP contribution in [0.25, 0.3) is 10.2 Å². The summed E-state index contributed by atoms with van der Waals surface area (Å²) in [6, 6.07) is 11.0. The molecule has 0 saturated heterocycles. The molecule has 2 aromatic heterocycles. The summed E-state index contributed by atoms with van der Waals surface area (Å²) >= 11 is 7.38. The third-order valence-electron chi connectivity index (χ3n) is 3.49. The first-order chi connectivity index (χ1) is 11.1. The molecule has 3 rings (SSSR count). The number of nitrogen functional groups attached to an aromatic ring is 1. The van der Waals surface area contributed by atoms with Gasteiger partial charge in [0.2, 0.25) is 0 Å². The van der Waals surface area contributed by atoms with Crippen LogP contribution in [0.2, 0.25) is 5.02 Å². The molecule has 0 spiro atoms. The molecule has 0 fully saturated rings. The Hall–Kier alpha value is -2.11. The number of nitrogens with zero attached hydrogens (tertiary/aromatic N) is 1. The van der Waals surface area contributed by atoms with E-state index in [9.17, 15) is 4.79 Å². The lowest BCUT2D eigenvalue weighted by Gasteiger charge is -2.05. The molecule has 3 aromatic rings. The SMILES string of the molecule is CCCc1ccc2c(N)c(C(=O)Nc3ccccc3Cl)sc2n1. The van der Waals surface area contributed by atoms with Gasteiger partial charge < -0.3 is 11.1 Å². The molecule has 6 heteroatoms. The Bertz CT molecular complexity index is 875. The average Bonchev–Trinajstić information content (AvgIpc) is 2.86. The molecule has 0 aliphatic heterocycles. The number of carbonyl (C=O) groups excluding carboxylic acids is 1. The largest absolute Gasteiger partial charge is 0.397 e. The highest BCUT2D eigenvalue weighted by molar-refractivity contribution is 7.21. The van der Waals surface area contributed by atoms with Crippen LogP contribution >= 0.6 is 22.9 Å². The van der Waals surface area contributed by atoms with Crippen molar-refractivity contribution in [2.45, 2.75) is 19.8 Å². The van der Waals surface area contributed by atoms with Crippen LogP contribution in [-0.2, 0) is 6.42 Å². The summed E-state index contributed by atoms with van der Waals surface area (Å²) in [5.74, 6) is -0.268. The van der Waals surface area contributed by atoms with E-state index in [-0.39, 0.29) is 5.91 Å². The molecule has 0 atom stereocenters. The third-order valence-corrected chi connectivity index (χ3v) is 4.93. The van der Waals surface area contributed by atoms with E-state index in [1.807, 2.05) is 24.3 Å². The van der Waals surface area contributed by atoms with Gasteiger partial charge in [-0.3, -0.25) is 4.79 Å². The quantitative estimate of drug-likeness (QED) is 0.717. The van der Waals surface area contributed by atoms with Crippen LogP contribution < -0.4 is 11.1 Å². The molecule has 4 nitrogen and oxygen atoms in total. The second-order valence-electron chi connectivity index (χ2n) is 5.18. The number of thiophene rings is 1. The number of anilines is 2. The van der Waals surface area contributed by atoms with Crippen LogP contribution in [0.4, 0.5) is 11.4 Å². The lowest BCUT2D eigenvalue weighted by molar-refractivity contribution is 0.103. The minimum atomic E-state index is -0.268. The molecule has 23 heavy (non-hydrogen) atoms. The van der Waals surface area contributed by atoms with Gasteiger partial charge in [-0.2, -0.15) is 0 Å². The first-order valence-electron chi connectivity index (χ1n) is 7.34. The smallest absolute Gasteiger partial charge is 0.267 e. The van der Waals surface area contributed by atoms with Gasteiger partial charge in [0.05, 0.1) is 16.4 Å². The number of carbonyl (C=O) groups is 1. The van der Waals surface area contributed by atoms with Gasteiger partial charge in [0, 0.05) is 11.1 Å². The lowest BCUT2D eigenvalue weighted by Crippen LogP contribution is -2.12. The fourth-order valence-electron chi connectivity index (χ4n) is 2.34. The van der Waals surface area contributed by atoms with E-state index in [0.29, 0.717) is 21.3 Å². The molecular formula is C17H16ClN3OS. The minimum Gasteiger partial charge on any atom is -0.397 e. The molecule has 118 valence electrons. The first kappa shape index (κ1) is 15.8. The van der Waals surface area contributed by atoms with Gasteiger partial charge >= 0.3 is 0 Å². The van der Waals surface area contributed by atoms with Crippen LogP contribution in [0, 0.1) is 0 Å². The van der Waals surface area contributed by atoms with E-state index < -0.39 is 0 Å². The average molecular weight is 346 g/mol. The predicted molar refractivity (Wildman–Crippen MR) is 97.4 cm³/mol. The van der Waals surface area contributed by atoms with Crippen LogP contribution in [-0.4, -0.2) is 10.9 Å². The molecule has 3 N–H and O–H groups in total. The van der Waals surface area contributed by atoms with Gasteiger partial charge in [0.25, 0.3) is 5.91 Å². The number of aryl methyl sites for hydroxylation is 1. The number of benzene rings is 1. The molecule has 0 unspecified atom stereocenters. The normalized spacial score (nSPS) is 10.9. The van der Waals surface area contributed by atoms with Crippen LogP contribution in [0.3, 0.4) is 0 Å². The number of aromatic nitrogens is 1. The zero-order chi connectivity index (χ0) is 16.4. The molecular weight excluding hydrogens is 330 g/mol. The molecule has 0 bridgehead atoms. The number of pyridine rings is 1. The summed E-state index contributed by atoms with van der Waals surface area (Å²) in [7, 11) is 0. The zero-order valence-electron chi connectivity index (χ0n) is 12.6. The molecule has 0 radical (unpaired) electrons. The number of rotatable bonds is 4. The summed E-state index contributed by atoms with van der Waals surface area (Å²) in [5, 5.41) is 4.11. The van der Waals surface area contributed by atoms with E-state index in [2.05, 4.69) is 17.2 Å². The van der Waals surface area contributed by atoms with Crippen molar-refractivity contribution in [3.05, 3.63) is 52.0 Å². The summed E-state index contributed by atoms with van der Waals surface area (Å²) in [4.78, 5) is 18.3. The monoisotopic (exact) mass is 345 g/mol. The van der Waals surface area contributed by atoms with Gasteiger partial charge in [0.15, 0.2) is 0 Å². The van der Waals surface area contributed by atoms with Crippen molar-refractivity contribution in [3.63, 3.8) is 0 Å². The Morgan fingerprint density at radius 2 is 2.09 bits per heavy atom. The van der Waals surface area contributed by atoms with Crippen molar-refractivity contribution in [1.29, 1.82) is 0 Å². The van der Waals surface area contributed by atoms with E-state index in [1.165, 1.54) is 11.3 Å². The molecule has 1 amide bonds. The maximum Gasteiger partial charge on any atom is 0.267 e. The molecule has 2 heterocycles. The van der Waals surface area contributed by atoms with Crippen molar-refractivity contribution in [3.8, 4) is 0 Å². The van der Waals surface area contributed by atoms with Crippen molar-refractivity contribution in [2.24, 2.45) is 0 Å². The van der Waals surface area contributed by atoms with Gasteiger partial charge in [-0.1, -0.05) is 37.1 Å². The van der Waals surface area contributed by atoms with Crippen molar-refractivity contribution in [1.82, 2.24) is 4.98 Å². The number of fused-ring (bicyclic) bond motifs is 1. The highest BCUT2D eigenvalue weighted by Gasteiger charge is 2.18. The Labute approximate surface area is 143 Å². The van der Waals surface area contributed by atoms with Gasteiger partial charge in [-0.15, -0.1) is 11.3 Å². The Kier molecular flexibility index (Phi) is 4.50. The van der Waals surface area contributed by atoms with Crippen molar-refractivity contribution >= 4 is 50.4 Å². The number of nitrogens with two attached hydrogens (primary N) is 1. The number of halogens is 1. The zero-order valence-corrected chi connectivity index (χ0v) is 14.2. The van der Waals surface area contributed by atoms with Crippen LogP contribution in [0.5, 0.6) is 0 Å². The van der Waals surface area contributed by atoms with E-state index >= 15 is 0 Å². The Balaban J connectivity index is 1.94. The summed E-state index contributed by atoms with van der Waals surface area (Å²) < 4.78 is 0. The third kappa shape index (κ3) is 3.16. The highest BCUT2D eigenvalue weighted by atomic mass is 35.5. The summed E-state index contributed by atoms with van der Waals surface area (Å²) in [6.07, 6.45) is 1.94. The fourth-order valence-corrected chi connectivity index (χ4v) is 3.53. The summed E-state index contributed by atoms with van der Waals surface area (Å²) in [6.45, 7) is 2.11. The molecule has 0 saturated carbocycles. The van der Waals surface area contributed by atoms with Gasteiger partial charge in [-0.05, 0) is 30.7 Å². The van der Waals surface area contributed by atoms with Gasteiger partial charge in [-0.25, -0.2) is 4.98 Å². The Morgan fingerprint density at radius 1 is 1.30 bits per heavy atom. The number of nitrogens with one attached hydrogen (secondary N) is 1. The molecule has 1 aromatic carbocycles.